The lowest BCUT2D eigenvalue weighted by Gasteiger charge is -2.26. The predicted octanol–water partition coefficient (Wildman–Crippen LogP) is 4.37. The lowest BCUT2D eigenvalue weighted by molar-refractivity contribution is 0.454. The van der Waals surface area contributed by atoms with Gasteiger partial charge in [0.05, 0.1) is 5.02 Å². The van der Waals surface area contributed by atoms with Crippen LogP contribution in [0, 0.1) is 0 Å². The summed E-state index contributed by atoms with van der Waals surface area (Å²) in [6.07, 6.45) is 1.10. The Kier molecular flexibility index (Phi) is 4.20. The average molecular weight is 306 g/mol. The Labute approximate surface area is 128 Å². The van der Waals surface area contributed by atoms with Crippen molar-refractivity contribution < 1.29 is 5.11 Å². The van der Waals surface area contributed by atoms with E-state index in [2.05, 4.69) is 29.6 Å². The van der Waals surface area contributed by atoms with E-state index >= 15 is 0 Å². The first kappa shape index (κ1) is 13.8. The maximum atomic E-state index is 9.95. The second kappa shape index (κ2) is 6.08. The standard InChI is InChI=1S/C16H16ClNOS/c17-13-6-3-4-11(16(13)19)10-18-14-8-9-20-15-7-2-1-5-12(14)15/h1-7,14,18-19H,8-10H2. The van der Waals surface area contributed by atoms with Gasteiger partial charge in [0.2, 0.25) is 0 Å². The number of aromatic hydroxyl groups is 1. The average Bonchev–Trinajstić information content (AvgIpc) is 2.49. The highest BCUT2D eigenvalue weighted by Gasteiger charge is 2.20. The lowest BCUT2D eigenvalue weighted by atomic mass is 10.0. The molecule has 1 aliphatic heterocycles. The van der Waals surface area contributed by atoms with Crippen molar-refractivity contribution in [1.82, 2.24) is 5.32 Å². The zero-order valence-corrected chi connectivity index (χ0v) is 12.5. The van der Waals surface area contributed by atoms with Gasteiger partial charge in [0.25, 0.3) is 0 Å². The molecule has 0 amide bonds. The molecule has 0 fully saturated rings. The molecule has 2 N–H and O–H groups in total. The molecule has 0 saturated heterocycles. The van der Waals surface area contributed by atoms with Gasteiger partial charge in [-0.3, -0.25) is 0 Å². The van der Waals surface area contributed by atoms with Gasteiger partial charge in [0, 0.05) is 23.0 Å². The summed E-state index contributed by atoms with van der Waals surface area (Å²) in [5, 5.41) is 13.9. The fourth-order valence-electron chi connectivity index (χ4n) is 2.49. The smallest absolute Gasteiger partial charge is 0.138 e. The Morgan fingerprint density at radius 1 is 1.20 bits per heavy atom. The lowest BCUT2D eigenvalue weighted by Crippen LogP contribution is -2.24. The van der Waals surface area contributed by atoms with Crippen molar-refractivity contribution in [2.75, 3.05) is 5.75 Å². The van der Waals surface area contributed by atoms with Crippen LogP contribution < -0.4 is 5.32 Å². The third-order valence-electron chi connectivity index (χ3n) is 3.57. The van der Waals surface area contributed by atoms with Crippen molar-refractivity contribution in [3.8, 4) is 5.75 Å². The molecule has 1 heterocycles. The second-order valence-corrected chi connectivity index (χ2v) is 6.40. The molecule has 3 rings (SSSR count). The van der Waals surface area contributed by atoms with E-state index in [-0.39, 0.29) is 5.75 Å². The topological polar surface area (TPSA) is 32.3 Å². The molecule has 0 radical (unpaired) electrons. The fraction of sp³-hybridized carbons (Fsp3) is 0.250. The number of thioether (sulfide) groups is 1. The molecule has 20 heavy (non-hydrogen) atoms. The number of halogens is 1. The molecule has 2 aromatic rings. The van der Waals surface area contributed by atoms with E-state index in [0.29, 0.717) is 17.6 Å². The fourth-order valence-corrected chi connectivity index (χ4v) is 3.81. The normalized spacial score (nSPS) is 17.8. The Balaban J connectivity index is 1.75. The molecular weight excluding hydrogens is 290 g/mol. The number of para-hydroxylation sites is 1. The predicted molar refractivity (Wildman–Crippen MR) is 84.5 cm³/mol. The van der Waals surface area contributed by atoms with E-state index in [4.69, 9.17) is 11.6 Å². The van der Waals surface area contributed by atoms with E-state index in [1.54, 1.807) is 6.07 Å². The van der Waals surface area contributed by atoms with Gasteiger partial charge in [-0.25, -0.2) is 0 Å². The number of fused-ring (bicyclic) bond motifs is 1. The number of phenolic OH excluding ortho intramolecular Hbond substituents is 1. The monoisotopic (exact) mass is 305 g/mol. The summed E-state index contributed by atoms with van der Waals surface area (Å²) in [6.45, 7) is 0.621. The first-order valence-electron chi connectivity index (χ1n) is 6.67. The largest absolute Gasteiger partial charge is 0.506 e. The van der Waals surface area contributed by atoms with E-state index in [0.717, 1.165) is 17.7 Å². The van der Waals surface area contributed by atoms with Crippen LogP contribution in [0.25, 0.3) is 0 Å². The minimum atomic E-state index is 0.181. The SMILES string of the molecule is Oc1c(Cl)cccc1CNC1CCSc2ccccc21. The molecule has 0 aromatic heterocycles. The molecule has 1 unspecified atom stereocenters. The molecule has 104 valence electrons. The van der Waals surface area contributed by atoms with E-state index in [1.165, 1.54) is 10.5 Å². The quantitative estimate of drug-likeness (QED) is 0.883. The number of rotatable bonds is 3. The van der Waals surface area contributed by atoms with Crippen LogP contribution >= 0.6 is 23.4 Å². The van der Waals surface area contributed by atoms with Gasteiger partial charge in [0.1, 0.15) is 5.75 Å². The number of phenols is 1. The third-order valence-corrected chi connectivity index (χ3v) is 5.00. The molecule has 0 spiro atoms. The molecule has 4 heteroatoms. The number of hydrogen-bond donors (Lipinski definition) is 2. The summed E-state index contributed by atoms with van der Waals surface area (Å²) in [5.41, 5.74) is 2.19. The van der Waals surface area contributed by atoms with Crippen molar-refractivity contribution >= 4 is 23.4 Å². The molecule has 1 atom stereocenters. The van der Waals surface area contributed by atoms with Crippen LogP contribution in [0.4, 0.5) is 0 Å². The molecule has 2 aromatic carbocycles. The summed E-state index contributed by atoms with van der Waals surface area (Å²) < 4.78 is 0. The van der Waals surface area contributed by atoms with Gasteiger partial charge < -0.3 is 10.4 Å². The first-order chi connectivity index (χ1) is 9.75. The third kappa shape index (κ3) is 2.80. The summed E-state index contributed by atoms with van der Waals surface area (Å²) >= 11 is 7.84. The van der Waals surface area contributed by atoms with Crippen LogP contribution in [0.5, 0.6) is 5.75 Å². The summed E-state index contributed by atoms with van der Waals surface area (Å²) in [5.74, 6) is 1.30. The second-order valence-electron chi connectivity index (χ2n) is 4.86. The van der Waals surface area contributed by atoms with Crippen LogP contribution in [0.2, 0.25) is 5.02 Å². The molecule has 0 aliphatic carbocycles. The van der Waals surface area contributed by atoms with E-state index < -0.39 is 0 Å². The van der Waals surface area contributed by atoms with Gasteiger partial charge >= 0.3 is 0 Å². The number of hydrogen-bond acceptors (Lipinski definition) is 3. The van der Waals surface area contributed by atoms with Crippen LogP contribution in [0.15, 0.2) is 47.4 Å². The highest BCUT2D eigenvalue weighted by Crippen LogP contribution is 2.36. The number of nitrogens with one attached hydrogen (secondary N) is 1. The minimum absolute atomic E-state index is 0.181. The molecule has 0 saturated carbocycles. The van der Waals surface area contributed by atoms with E-state index in [1.807, 2.05) is 23.9 Å². The van der Waals surface area contributed by atoms with Crippen molar-refractivity contribution in [3.63, 3.8) is 0 Å². The summed E-state index contributed by atoms with van der Waals surface area (Å²) in [6, 6.07) is 14.3. The zero-order chi connectivity index (χ0) is 13.9. The highest BCUT2D eigenvalue weighted by atomic mass is 35.5. The van der Waals surface area contributed by atoms with Gasteiger partial charge in [0.15, 0.2) is 0 Å². The van der Waals surface area contributed by atoms with Crippen molar-refractivity contribution in [2.45, 2.75) is 23.9 Å². The van der Waals surface area contributed by atoms with Gasteiger partial charge in [-0.2, -0.15) is 0 Å². The van der Waals surface area contributed by atoms with Crippen molar-refractivity contribution in [3.05, 3.63) is 58.6 Å². The van der Waals surface area contributed by atoms with Gasteiger partial charge in [-0.15, -0.1) is 11.8 Å². The molecular formula is C16H16ClNOS. The Morgan fingerprint density at radius 2 is 2.05 bits per heavy atom. The Bertz CT molecular complexity index is 617. The van der Waals surface area contributed by atoms with Crippen molar-refractivity contribution in [2.24, 2.45) is 0 Å². The Hall–Kier alpha value is -1.16. The van der Waals surface area contributed by atoms with Gasteiger partial charge in [-0.05, 0) is 29.9 Å². The maximum absolute atomic E-state index is 9.95. The summed E-state index contributed by atoms with van der Waals surface area (Å²) in [7, 11) is 0. The molecule has 2 nitrogen and oxygen atoms in total. The molecule has 1 aliphatic rings. The van der Waals surface area contributed by atoms with Crippen LogP contribution in [0.1, 0.15) is 23.6 Å². The summed E-state index contributed by atoms with van der Waals surface area (Å²) in [4.78, 5) is 1.35. The van der Waals surface area contributed by atoms with Crippen LogP contribution in [-0.4, -0.2) is 10.9 Å². The van der Waals surface area contributed by atoms with Gasteiger partial charge in [-0.1, -0.05) is 41.9 Å². The maximum Gasteiger partial charge on any atom is 0.138 e. The van der Waals surface area contributed by atoms with Crippen LogP contribution in [0.3, 0.4) is 0 Å². The van der Waals surface area contributed by atoms with Crippen LogP contribution in [-0.2, 0) is 6.54 Å². The highest BCUT2D eigenvalue weighted by molar-refractivity contribution is 7.99. The first-order valence-corrected chi connectivity index (χ1v) is 8.03. The Morgan fingerprint density at radius 3 is 2.95 bits per heavy atom. The van der Waals surface area contributed by atoms with Crippen molar-refractivity contribution in [1.29, 1.82) is 0 Å². The zero-order valence-electron chi connectivity index (χ0n) is 11.0. The minimum Gasteiger partial charge on any atom is -0.506 e. The van der Waals surface area contributed by atoms with E-state index in [9.17, 15) is 5.11 Å². The molecule has 0 bridgehead atoms. The number of benzene rings is 2.